The zero-order valence-corrected chi connectivity index (χ0v) is 13.1. The summed E-state index contributed by atoms with van der Waals surface area (Å²) in [5.74, 6) is -12.7. The maximum absolute atomic E-state index is 14.3. The molecule has 0 atom stereocenters. The van der Waals surface area contributed by atoms with E-state index in [2.05, 4.69) is 0 Å². The van der Waals surface area contributed by atoms with E-state index in [-0.39, 0.29) is 0 Å². The van der Waals surface area contributed by atoms with Crippen LogP contribution in [0.15, 0.2) is 0 Å². The molecule has 0 fully saturated rings. The molecular weight excluding hydrogens is 382 g/mol. The second kappa shape index (κ2) is 5.59. The highest BCUT2D eigenvalue weighted by Crippen LogP contribution is 2.20. The number of hydrogen-bond acceptors (Lipinski definition) is 0. The van der Waals surface area contributed by atoms with E-state index in [4.69, 9.17) is 22.9 Å². The van der Waals surface area contributed by atoms with Crippen LogP contribution in [0.2, 0.25) is 0 Å². The van der Waals surface area contributed by atoms with Gasteiger partial charge in [0, 0.05) is 5.56 Å². The maximum Gasteiger partial charge on any atom is 0.320 e. The van der Waals surface area contributed by atoms with Crippen molar-refractivity contribution >= 4 is 57.0 Å². The van der Waals surface area contributed by atoms with Gasteiger partial charge in [0.05, 0.1) is 0 Å². The van der Waals surface area contributed by atoms with Crippen LogP contribution in [0.3, 0.4) is 0 Å². The predicted molar refractivity (Wildman–Crippen MR) is 79.1 cm³/mol. The Hall–Kier alpha value is -1.34. The Bertz CT molecular complexity index is 760. The molecule has 0 nitrogen and oxygen atoms in total. The molecule has 3 rings (SSSR count). The lowest BCUT2D eigenvalue weighted by atomic mass is 9.41. The summed E-state index contributed by atoms with van der Waals surface area (Å²) in [6.45, 7) is 0.901. The fourth-order valence-electron chi connectivity index (χ4n) is 2.76. The summed E-state index contributed by atoms with van der Waals surface area (Å²) in [5, 5.41) is 0. The Morgan fingerprint density at radius 2 is 0.792 bits per heavy atom. The third kappa shape index (κ3) is 2.03. The quantitative estimate of drug-likeness (QED) is 0.282. The standard InChI is InChI=1S/C13H3B2Cl2F7/c1-2-7(18)3-4(9(20)8(2)19)15(17)6-5(14(3)16)10(21)12(23)13(24)11(6)22/h1H3. The van der Waals surface area contributed by atoms with Gasteiger partial charge < -0.3 is 0 Å². The van der Waals surface area contributed by atoms with Crippen LogP contribution in [0.25, 0.3) is 0 Å². The fourth-order valence-corrected chi connectivity index (χ4v) is 3.62. The number of fused-ring (bicyclic) bond motifs is 2. The highest BCUT2D eigenvalue weighted by molar-refractivity contribution is 7.32. The third-order valence-electron chi connectivity index (χ3n) is 3.97. The molecule has 0 saturated heterocycles. The van der Waals surface area contributed by atoms with Gasteiger partial charge in [0.2, 0.25) is 0 Å². The molecule has 0 saturated carbocycles. The molecule has 1 aliphatic heterocycles. The van der Waals surface area contributed by atoms with E-state index in [1.54, 1.807) is 0 Å². The van der Waals surface area contributed by atoms with Crippen LogP contribution in [-0.2, 0) is 0 Å². The lowest BCUT2D eigenvalue weighted by Gasteiger charge is -2.27. The van der Waals surface area contributed by atoms with Crippen LogP contribution in [0.5, 0.6) is 0 Å². The highest BCUT2D eigenvalue weighted by Gasteiger charge is 2.46. The Kier molecular flexibility index (Phi) is 4.07. The molecule has 0 N–H and O–H groups in total. The minimum Gasteiger partial charge on any atom is -0.207 e. The lowest BCUT2D eigenvalue weighted by Crippen LogP contribution is -2.69. The van der Waals surface area contributed by atoms with Crippen molar-refractivity contribution in [1.82, 2.24) is 0 Å². The first kappa shape index (κ1) is 17.5. The Labute approximate surface area is 141 Å². The van der Waals surface area contributed by atoms with Gasteiger partial charge in [-0.3, -0.25) is 0 Å². The minimum absolute atomic E-state index is 0.745. The molecule has 0 spiro atoms. The highest BCUT2D eigenvalue weighted by atomic mass is 35.5. The molecule has 2 aromatic rings. The first-order chi connectivity index (χ1) is 11.1. The molecule has 1 aliphatic rings. The van der Waals surface area contributed by atoms with Crippen molar-refractivity contribution in [2.45, 2.75) is 6.92 Å². The van der Waals surface area contributed by atoms with Gasteiger partial charge in [0.15, 0.2) is 34.9 Å². The van der Waals surface area contributed by atoms with Gasteiger partial charge >= 0.3 is 12.3 Å². The van der Waals surface area contributed by atoms with Crippen LogP contribution in [0.1, 0.15) is 5.56 Å². The SMILES string of the molecule is Cc1c(F)c(F)c2c(c1F)B(Cl)c1c(F)c(F)c(F)c(F)c1B2Cl. The van der Waals surface area contributed by atoms with Crippen LogP contribution < -0.4 is 21.9 Å². The number of hydrogen-bond donors (Lipinski definition) is 0. The number of benzene rings is 2. The van der Waals surface area contributed by atoms with Gasteiger partial charge in [-0.2, -0.15) is 22.9 Å². The first-order valence-corrected chi connectivity index (χ1v) is 7.29. The smallest absolute Gasteiger partial charge is 0.207 e. The molecule has 0 radical (unpaired) electrons. The van der Waals surface area contributed by atoms with Crippen LogP contribution in [0, 0.1) is 47.6 Å². The van der Waals surface area contributed by atoms with Crippen molar-refractivity contribution in [3.05, 3.63) is 46.3 Å². The van der Waals surface area contributed by atoms with E-state index < -0.39 is 80.4 Å². The molecule has 11 heteroatoms. The summed E-state index contributed by atoms with van der Waals surface area (Å²) in [6, 6.07) is 0. The van der Waals surface area contributed by atoms with Crippen LogP contribution >= 0.6 is 22.9 Å². The van der Waals surface area contributed by atoms with Gasteiger partial charge in [0.1, 0.15) is 5.82 Å². The summed E-state index contributed by atoms with van der Waals surface area (Å²) < 4.78 is 97.2. The van der Waals surface area contributed by atoms with Gasteiger partial charge in [-0.05, 0) is 28.8 Å². The minimum atomic E-state index is -2.18. The maximum atomic E-state index is 14.3. The first-order valence-electron chi connectivity index (χ1n) is 6.41. The predicted octanol–water partition coefficient (Wildman–Crippen LogP) is 1.97. The van der Waals surface area contributed by atoms with E-state index >= 15 is 0 Å². The average molecular weight is 385 g/mol. The van der Waals surface area contributed by atoms with Crippen LogP contribution in [-0.4, -0.2) is 12.3 Å². The zero-order chi connectivity index (χ0) is 18.1. The van der Waals surface area contributed by atoms with Gasteiger partial charge in [0.25, 0.3) is 0 Å². The Morgan fingerprint density at radius 3 is 1.17 bits per heavy atom. The van der Waals surface area contributed by atoms with E-state index in [0.29, 0.717) is 0 Å². The molecule has 0 bridgehead atoms. The van der Waals surface area contributed by atoms with Crippen molar-refractivity contribution in [2.24, 2.45) is 0 Å². The van der Waals surface area contributed by atoms with Crippen molar-refractivity contribution in [3.8, 4) is 0 Å². The molecule has 0 aromatic heterocycles. The van der Waals surface area contributed by atoms with Gasteiger partial charge in [-0.15, -0.1) is 0 Å². The zero-order valence-electron chi connectivity index (χ0n) is 11.6. The Morgan fingerprint density at radius 1 is 0.500 bits per heavy atom. The summed E-state index contributed by atoms with van der Waals surface area (Å²) in [7, 11) is 0. The normalized spacial score (nSPS) is 13.2. The van der Waals surface area contributed by atoms with Crippen molar-refractivity contribution in [2.75, 3.05) is 0 Å². The molecule has 24 heavy (non-hydrogen) atoms. The molecule has 2 aromatic carbocycles. The molecule has 0 amide bonds. The van der Waals surface area contributed by atoms with Crippen molar-refractivity contribution in [3.63, 3.8) is 0 Å². The van der Waals surface area contributed by atoms with Crippen LogP contribution in [0.4, 0.5) is 30.7 Å². The van der Waals surface area contributed by atoms with E-state index in [1.807, 2.05) is 0 Å². The van der Waals surface area contributed by atoms with Gasteiger partial charge in [-0.25, -0.2) is 30.7 Å². The monoisotopic (exact) mass is 384 g/mol. The molecule has 0 unspecified atom stereocenters. The summed E-state index contributed by atoms with van der Waals surface area (Å²) in [5.41, 5.74) is -4.33. The fraction of sp³-hybridized carbons (Fsp3) is 0.0769. The molecule has 1 heterocycles. The molecular formula is C13H3B2Cl2F7. The van der Waals surface area contributed by atoms with Gasteiger partial charge in [-0.1, -0.05) is 0 Å². The summed E-state index contributed by atoms with van der Waals surface area (Å²) in [4.78, 5) is 0. The van der Waals surface area contributed by atoms with E-state index in [1.165, 1.54) is 0 Å². The summed E-state index contributed by atoms with van der Waals surface area (Å²) >= 11 is 11.7. The average Bonchev–Trinajstić information content (AvgIpc) is 2.55. The topological polar surface area (TPSA) is 0 Å². The summed E-state index contributed by atoms with van der Waals surface area (Å²) in [6.07, 6.45) is -3.93. The van der Waals surface area contributed by atoms with E-state index in [9.17, 15) is 30.7 Å². The molecule has 0 aliphatic carbocycles. The lowest BCUT2D eigenvalue weighted by molar-refractivity contribution is 0.415. The Balaban J connectivity index is 2.48. The second-order valence-corrected chi connectivity index (χ2v) is 6.08. The third-order valence-corrected chi connectivity index (χ3v) is 4.84. The van der Waals surface area contributed by atoms with Crippen molar-refractivity contribution < 1.29 is 30.7 Å². The molecule has 124 valence electrons. The van der Waals surface area contributed by atoms with E-state index in [0.717, 1.165) is 6.92 Å². The number of rotatable bonds is 0. The second-order valence-electron chi connectivity index (χ2n) is 5.20. The van der Waals surface area contributed by atoms with Crippen molar-refractivity contribution in [1.29, 1.82) is 0 Å². The largest absolute Gasteiger partial charge is 0.320 e. The number of halogens is 9.